The summed E-state index contributed by atoms with van der Waals surface area (Å²) in [5.74, 6) is 0. The summed E-state index contributed by atoms with van der Waals surface area (Å²) < 4.78 is 17.6. The zero-order valence-electron chi connectivity index (χ0n) is 15.2. The fourth-order valence-corrected chi connectivity index (χ4v) is 2.98. The van der Waals surface area contributed by atoms with Crippen LogP contribution in [0.15, 0.2) is 15.8 Å². The standard InChI is InChI=1S/C17H29N3O5/c1-4-5-6-7-8-9-18-12-11-20(17(22)19-15(12)21)14-10-13(23-2)16(24-3)25-14/h11,13-14,16,18H,4-10H2,1-3H3,(H,19,21,22). The van der Waals surface area contributed by atoms with Crippen LogP contribution in [0.5, 0.6) is 0 Å². The van der Waals surface area contributed by atoms with Crippen LogP contribution in [0.2, 0.25) is 0 Å². The first-order chi connectivity index (χ1) is 12.1. The van der Waals surface area contributed by atoms with Crippen LogP contribution >= 0.6 is 0 Å². The van der Waals surface area contributed by atoms with Crippen LogP contribution < -0.4 is 16.6 Å². The largest absolute Gasteiger partial charge is 0.379 e. The molecule has 3 unspecified atom stereocenters. The number of aromatic nitrogens is 2. The smallest absolute Gasteiger partial charge is 0.330 e. The molecule has 142 valence electrons. The van der Waals surface area contributed by atoms with E-state index in [0.29, 0.717) is 18.7 Å². The van der Waals surface area contributed by atoms with Crippen molar-refractivity contribution < 1.29 is 14.2 Å². The third-order valence-corrected chi connectivity index (χ3v) is 4.44. The maximum Gasteiger partial charge on any atom is 0.330 e. The Kier molecular flexibility index (Phi) is 7.67. The van der Waals surface area contributed by atoms with Crippen LogP contribution in [-0.2, 0) is 14.2 Å². The molecule has 1 aliphatic rings. The number of ether oxygens (including phenoxy) is 3. The van der Waals surface area contributed by atoms with Crippen molar-refractivity contribution in [2.24, 2.45) is 0 Å². The second kappa shape index (κ2) is 9.74. The molecule has 1 saturated heterocycles. The van der Waals surface area contributed by atoms with Gasteiger partial charge in [-0.1, -0.05) is 32.6 Å². The molecule has 2 rings (SSSR count). The molecule has 0 amide bonds. The van der Waals surface area contributed by atoms with Crippen LogP contribution in [0.1, 0.15) is 51.7 Å². The monoisotopic (exact) mass is 355 g/mol. The fourth-order valence-electron chi connectivity index (χ4n) is 2.98. The molecule has 0 aliphatic carbocycles. The van der Waals surface area contributed by atoms with Crippen LogP contribution in [-0.4, -0.2) is 42.7 Å². The Balaban J connectivity index is 2.03. The van der Waals surface area contributed by atoms with Gasteiger partial charge in [0.25, 0.3) is 5.56 Å². The maximum absolute atomic E-state index is 12.1. The molecule has 0 radical (unpaired) electrons. The van der Waals surface area contributed by atoms with E-state index in [-0.39, 0.29) is 6.10 Å². The lowest BCUT2D eigenvalue weighted by atomic mass is 10.1. The molecule has 8 nitrogen and oxygen atoms in total. The summed E-state index contributed by atoms with van der Waals surface area (Å²) in [6, 6.07) is 0. The molecule has 0 saturated carbocycles. The lowest BCUT2D eigenvalue weighted by Gasteiger charge is -2.16. The van der Waals surface area contributed by atoms with Crippen molar-refractivity contribution >= 4 is 5.69 Å². The summed E-state index contributed by atoms with van der Waals surface area (Å²) >= 11 is 0. The Labute approximate surface area is 147 Å². The summed E-state index contributed by atoms with van der Waals surface area (Å²) in [6.07, 6.45) is 6.37. The molecule has 0 bridgehead atoms. The quantitative estimate of drug-likeness (QED) is 0.622. The van der Waals surface area contributed by atoms with E-state index < -0.39 is 23.8 Å². The van der Waals surface area contributed by atoms with Crippen molar-refractivity contribution in [3.8, 4) is 0 Å². The molecule has 0 aromatic carbocycles. The van der Waals surface area contributed by atoms with Gasteiger partial charge in [-0.15, -0.1) is 0 Å². The zero-order valence-corrected chi connectivity index (χ0v) is 15.2. The van der Waals surface area contributed by atoms with E-state index in [1.54, 1.807) is 7.11 Å². The van der Waals surface area contributed by atoms with Gasteiger partial charge < -0.3 is 19.5 Å². The molecule has 1 aliphatic heterocycles. The molecule has 0 spiro atoms. The number of H-pyrrole nitrogens is 1. The number of hydrogen-bond donors (Lipinski definition) is 2. The predicted molar refractivity (Wildman–Crippen MR) is 94.9 cm³/mol. The van der Waals surface area contributed by atoms with Crippen molar-refractivity contribution in [3.63, 3.8) is 0 Å². The van der Waals surface area contributed by atoms with E-state index in [4.69, 9.17) is 14.2 Å². The number of unbranched alkanes of at least 4 members (excludes halogenated alkanes) is 4. The third kappa shape index (κ3) is 5.17. The van der Waals surface area contributed by atoms with E-state index >= 15 is 0 Å². The molecule has 2 heterocycles. The van der Waals surface area contributed by atoms with Crippen molar-refractivity contribution in [3.05, 3.63) is 27.0 Å². The molecule has 1 aromatic rings. The zero-order chi connectivity index (χ0) is 18.2. The Morgan fingerprint density at radius 3 is 2.64 bits per heavy atom. The van der Waals surface area contributed by atoms with Gasteiger partial charge in [0.15, 0.2) is 6.29 Å². The Hall–Kier alpha value is -1.64. The summed E-state index contributed by atoms with van der Waals surface area (Å²) in [7, 11) is 3.10. The first-order valence-corrected chi connectivity index (χ1v) is 8.91. The molecule has 2 N–H and O–H groups in total. The lowest BCUT2D eigenvalue weighted by molar-refractivity contribution is -0.166. The van der Waals surface area contributed by atoms with Gasteiger partial charge in [-0.05, 0) is 6.42 Å². The summed E-state index contributed by atoms with van der Waals surface area (Å²) in [6.45, 7) is 2.87. The summed E-state index contributed by atoms with van der Waals surface area (Å²) in [5, 5.41) is 3.11. The molecule has 1 aromatic heterocycles. The van der Waals surface area contributed by atoms with E-state index in [9.17, 15) is 9.59 Å². The van der Waals surface area contributed by atoms with Gasteiger partial charge >= 0.3 is 5.69 Å². The van der Waals surface area contributed by atoms with Gasteiger partial charge in [-0.25, -0.2) is 4.79 Å². The minimum Gasteiger partial charge on any atom is -0.379 e. The first kappa shape index (κ1) is 19.7. The van der Waals surface area contributed by atoms with Crippen LogP contribution in [0, 0.1) is 0 Å². The molecule has 3 atom stereocenters. The van der Waals surface area contributed by atoms with Gasteiger partial charge in [-0.3, -0.25) is 14.3 Å². The van der Waals surface area contributed by atoms with Gasteiger partial charge in [-0.2, -0.15) is 0 Å². The predicted octanol–water partition coefficient (Wildman–Crippen LogP) is 1.83. The molecule has 1 fully saturated rings. The number of nitrogens with zero attached hydrogens (tertiary/aromatic N) is 1. The Morgan fingerprint density at radius 2 is 2.00 bits per heavy atom. The highest BCUT2D eigenvalue weighted by Crippen LogP contribution is 2.29. The van der Waals surface area contributed by atoms with Crippen molar-refractivity contribution in [1.82, 2.24) is 9.55 Å². The Bertz CT molecular complexity index is 630. The van der Waals surface area contributed by atoms with Gasteiger partial charge in [0.05, 0.1) is 0 Å². The minimum atomic E-state index is -0.538. The number of methoxy groups -OCH3 is 2. The topological polar surface area (TPSA) is 94.6 Å². The van der Waals surface area contributed by atoms with Crippen molar-refractivity contribution in [2.45, 2.75) is 64.1 Å². The highest BCUT2D eigenvalue weighted by atomic mass is 16.7. The average Bonchev–Trinajstić information content (AvgIpc) is 3.02. The molecule has 25 heavy (non-hydrogen) atoms. The molecule has 8 heteroatoms. The lowest BCUT2D eigenvalue weighted by Crippen LogP contribution is -2.34. The number of rotatable bonds is 10. The number of nitrogens with one attached hydrogen (secondary N) is 2. The number of hydrogen-bond acceptors (Lipinski definition) is 6. The minimum absolute atomic E-state index is 0.260. The average molecular weight is 355 g/mol. The van der Waals surface area contributed by atoms with E-state index in [1.165, 1.54) is 37.1 Å². The highest BCUT2D eigenvalue weighted by molar-refractivity contribution is 5.37. The van der Waals surface area contributed by atoms with Crippen LogP contribution in [0.4, 0.5) is 5.69 Å². The summed E-state index contributed by atoms with van der Waals surface area (Å²) in [4.78, 5) is 26.5. The van der Waals surface area contributed by atoms with Crippen LogP contribution in [0.3, 0.4) is 0 Å². The molecular weight excluding hydrogens is 326 g/mol. The summed E-state index contributed by atoms with van der Waals surface area (Å²) in [5.41, 5.74) is -0.553. The van der Waals surface area contributed by atoms with Crippen molar-refractivity contribution in [2.75, 3.05) is 26.1 Å². The fraction of sp³-hybridized carbons (Fsp3) is 0.765. The second-order valence-corrected chi connectivity index (χ2v) is 6.25. The maximum atomic E-state index is 12.1. The molecular formula is C17H29N3O5. The van der Waals surface area contributed by atoms with E-state index in [0.717, 1.165) is 12.8 Å². The normalized spacial score (nSPS) is 23.1. The van der Waals surface area contributed by atoms with E-state index in [2.05, 4.69) is 17.2 Å². The van der Waals surface area contributed by atoms with Gasteiger partial charge in [0, 0.05) is 33.4 Å². The first-order valence-electron chi connectivity index (χ1n) is 8.91. The second-order valence-electron chi connectivity index (χ2n) is 6.25. The SMILES string of the molecule is CCCCCCCNc1cn(C2CC(OC)C(OC)O2)c(=O)[nH]c1=O. The van der Waals surface area contributed by atoms with Crippen molar-refractivity contribution in [1.29, 1.82) is 0 Å². The Morgan fingerprint density at radius 1 is 1.24 bits per heavy atom. The van der Waals surface area contributed by atoms with E-state index in [1.807, 2.05) is 0 Å². The van der Waals surface area contributed by atoms with Gasteiger partial charge in [0.2, 0.25) is 0 Å². The third-order valence-electron chi connectivity index (χ3n) is 4.44. The van der Waals surface area contributed by atoms with Gasteiger partial charge in [0.1, 0.15) is 18.0 Å². The van der Waals surface area contributed by atoms with Crippen LogP contribution in [0.25, 0.3) is 0 Å². The highest BCUT2D eigenvalue weighted by Gasteiger charge is 2.37. The number of aromatic amines is 1. The number of anilines is 1.